The van der Waals surface area contributed by atoms with E-state index in [0.717, 1.165) is 22.2 Å². The van der Waals surface area contributed by atoms with E-state index in [4.69, 9.17) is 4.74 Å². The Balaban J connectivity index is 1.93. The maximum absolute atomic E-state index is 13.5. The Labute approximate surface area is 130 Å². The Morgan fingerprint density at radius 1 is 1.14 bits per heavy atom. The van der Waals surface area contributed by atoms with Gasteiger partial charge in [0.2, 0.25) is 0 Å². The van der Waals surface area contributed by atoms with E-state index in [1.807, 2.05) is 37.3 Å². The molecule has 0 fully saturated rings. The van der Waals surface area contributed by atoms with Crippen LogP contribution >= 0.6 is 0 Å². The SMILES string of the molecule is Cc1cccc(OCc2cn(C(C)C)c3cc(F)ccc23)c1. The lowest BCUT2D eigenvalue weighted by molar-refractivity contribution is 0.307. The van der Waals surface area contributed by atoms with Crippen molar-refractivity contribution in [2.45, 2.75) is 33.4 Å². The molecule has 1 aromatic heterocycles. The summed E-state index contributed by atoms with van der Waals surface area (Å²) < 4.78 is 21.5. The van der Waals surface area contributed by atoms with E-state index in [1.165, 1.54) is 11.6 Å². The van der Waals surface area contributed by atoms with E-state index >= 15 is 0 Å². The first-order valence-corrected chi connectivity index (χ1v) is 7.53. The zero-order valence-electron chi connectivity index (χ0n) is 13.1. The first kappa shape index (κ1) is 14.6. The van der Waals surface area contributed by atoms with Crippen LogP contribution in [-0.2, 0) is 6.61 Å². The smallest absolute Gasteiger partial charge is 0.125 e. The molecule has 0 aliphatic carbocycles. The summed E-state index contributed by atoms with van der Waals surface area (Å²) in [5.41, 5.74) is 3.16. The molecule has 0 spiro atoms. The Bertz CT molecular complexity index is 804. The van der Waals surface area contributed by atoms with Gasteiger partial charge in [0.15, 0.2) is 0 Å². The molecule has 0 N–H and O–H groups in total. The van der Waals surface area contributed by atoms with Gasteiger partial charge in [0, 0.05) is 23.2 Å². The number of rotatable bonds is 4. The van der Waals surface area contributed by atoms with Crippen molar-refractivity contribution < 1.29 is 9.13 Å². The van der Waals surface area contributed by atoms with Crippen LogP contribution in [0.4, 0.5) is 4.39 Å². The fourth-order valence-electron chi connectivity index (χ4n) is 2.71. The summed E-state index contributed by atoms with van der Waals surface area (Å²) in [5, 5.41) is 1.04. The van der Waals surface area contributed by atoms with E-state index in [1.54, 1.807) is 6.07 Å². The van der Waals surface area contributed by atoms with Crippen molar-refractivity contribution in [3.63, 3.8) is 0 Å². The van der Waals surface area contributed by atoms with Gasteiger partial charge in [-0.25, -0.2) is 4.39 Å². The summed E-state index contributed by atoms with van der Waals surface area (Å²) >= 11 is 0. The predicted octanol–water partition coefficient (Wildman–Crippen LogP) is 5.25. The molecule has 0 aliphatic heterocycles. The van der Waals surface area contributed by atoms with E-state index in [0.29, 0.717) is 6.61 Å². The summed E-state index contributed by atoms with van der Waals surface area (Å²) in [7, 11) is 0. The Morgan fingerprint density at radius 2 is 1.95 bits per heavy atom. The highest BCUT2D eigenvalue weighted by molar-refractivity contribution is 5.84. The van der Waals surface area contributed by atoms with Gasteiger partial charge in [0.25, 0.3) is 0 Å². The number of benzene rings is 2. The molecule has 0 bridgehead atoms. The molecule has 2 nitrogen and oxygen atoms in total. The van der Waals surface area contributed by atoms with Crippen molar-refractivity contribution in [3.8, 4) is 5.75 Å². The van der Waals surface area contributed by atoms with Crippen molar-refractivity contribution >= 4 is 10.9 Å². The molecule has 0 radical (unpaired) electrons. The quantitative estimate of drug-likeness (QED) is 0.641. The van der Waals surface area contributed by atoms with Crippen molar-refractivity contribution in [2.75, 3.05) is 0 Å². The van der Waals surface area contributed by atoms with Crippen LogP contribution < -0.4 is 4.74 Å². The van der Waals surface area contributed by atoms with Gasteiger partial charge in [0.1, 0.15) is 18.2 Å². The average Bonchev–Trinajstić information content (AvgIpc) is 2.83. The Hall–Kier alpha value is -2.29. The van der Waals surface area contributed by atoms with Crippen LogP contribution in [0.5, 0.6) is 5.75 Å². The van der Waals surface area contributed by atoms with Crippen LogP contribution in [0.2, 0.25) is 0 Å². The van der Waals surface area contributed by atoms with Crippen LogP contribution in [0.25, 0.3) is 10.9 Å². The van der Waals surface area contributed by atoms with Gasteiger partial charge < -0.3 is 9.30 Å². The first-order chi connectivity index (χ1) is 10.5. The van der Waals surface area contributed by atoms with Gasteiger partial charge in [-0.3, -0.25) is 0 Å². The lowest BCUT2D eigenvalue weighted by Gasteiger charge is -2.08. The number of fused-ring (bicyclic) bond motifs is 1. The number of aryl methyl sites for hydroxylation is 1. The molecule has 0 atom stereocenters. The number of halogens is 1. The van der Waals surface area contributed by atoms with Gasteiger partial charge >= 0.3 is 0 Å². The predicted molar refractivity (Wildman–Crippen MR) is 87.8 cm³/mol. The van der Waals surface area contributed by atoms with Gasteiger partial charge in [-0.15, -0.1) is 0 Å². The van der Waals surface area contributed by atoms with Crippen LogP contribution in [-0.4, -0.2) is 4.57 Å². The highest BCUT2D eigenvalue weighted by Crippen LogP contribution is 2.27. The highest BCUT2D eigenvalue weighted by atomic mass is 19.1. The second-order valence-electron chi connectivity index (χ2n) is 5.92. The summed E-state index contributed by atoms with van der Waals surface area (Å²) in [6.45, 7) is 6.71. The molecule has 1 heterocycles. The van der Waals surface area contributed by atoms with E-state index in [2.05, 4.69) is 24.6 Å². The number of ether oxygens (including phenoxy) is 1. The maximum Gasteiger partial charge on any atom is 0.125 e. The number of hydrogen-bond donors (Lipinski definition) is 0. The molecule has 0 amide bonds. The molecule has 22 heavy (non-hydrogen) atoms. The molecule has 3 heteroatoms. The fourth-order valence-corrected chi connectivity index (χ4v) is 2.71. The van der Waals surface area contributed by atoms with E-state index in [-0.39, 0.29) is 11.9 Å². The third-order valence-electron chi connectivity index (χ3n) is 3.82. The average molecular weight is 297 g/mol. The molecule has 0 unspecified atom stereocenters. The summed E-state index contributed by atoms with van der Waals surface area (Å²) in [4.78, 5) is 0. The maximum atomic E-state index is 13.5. The Morgan fingerprint density at radius 3 is 2.68 bits per heavy atom. The summed E-state index contributed by atoms with van der Waals surface area (Å²) in [6.07, 6.45) is 2.06. The van der Waals surface area contributed by atoms with Crippen molar-refractivity contribution in [1.82, 2.24) is 4.57 Å². The van der Waals surface area contributed by atoms with E-state index < -0.39 is 0 Å². The van der Waals surface area contributed by atoms with Crippen LogP contribution in [0.3, 0.4) is 0 Å². The molecule has 3 aromatic rings. The fraction of sp³-hybridized carbons (Fsp3) is 0.263. The molecule has 2 aromatic carbocycles. The topological polar surface area (TPSA) is 14.2 Å². The van der Waals surface area contributed by atoms with Crippen molar-refractivity contribution in [2.24, 2.45) is 0 Å². The van der Waals surface area contributed by atoms with Gasteiger partial charge in [-0.2, -0.15) is 0 Å². The Kier molecular flexibility index (Phi) is 3.88. The molecule has 0 aliphatic rings. The zero-order valence-corrected chi connectivity index (χ0v) is 13.1. The minimum absolute atomic E-state index is 0.210. The minimum atomic E-state index is -0.210. The lowest BCUT2D eigenvalue weighted by Crippen LogP contribution is -1.98. The molecule has 0 saturated carbocycles. The van der Waals surface area contributed by atoms with Crippen LogP contribution in [0.15, 0.2) is 48.7 Å². The first-order valence-electron chi connectivity index (χ1n) is 7.53. The third-order valence-corrected chi connectivity index (χ3v) is 3.82. The third kappa shape index (κ3) is 2.84. The molecule has 114 valence electrons. The van der Waals surface area contributed by atoms with Crippen LogP contribution in [0.1, 0.15) is 31.0 Å². The largest absolute Gasteiger partial charge is 0.489 e. The number of hydrogen-bond acceptors (Lipinski definition) is 1. The number of aromatic nitrogens is 1. The molecule has 3 rings (SSSR count). The number of nitrogens with zero attached hydrogens (tertiary/aromatic N) is 1. The lowest BCUT2D eigenvalue weighted by atomic mass is 10.2. The van der Waals surface area contributed by atoms with Gasteiger partial charge in [-0.05, 0) is 56.7 Å². The van der Waals surface area contributed by atoms with Crippen molar-refractivity contribution in [1.29, 1.82) is 0 Å². The standard InChI is InChI=1S/C19H20FNO/c1-13(2)21-11-15(18-8-7-16(20)10-19(18)21)12-22-17-6-4-5-14(3)9-17/h4-11,13H,12H2,1-3H3. The second kappa shape index (κ2) is 5.84. The monoisotopic (exact) mass is 297 g/mol. The van der Waals surface area contributed by atoms with E-state index in [9.17, 15) is 4.39 Å². The van der Waals surface area contributed by atoms with Gasteiger partial charge in [0.05, 0.1) is 5.52 Å². The highest BCUT2D eigenvalue weighted by Gasteiger charge is 2.12. The van der Waals surface area contributed by atoms with Crippen molar-refractivity contribution in [3.05, 3.63) is 65.6 Å². The molecular weight excluding hydrogens is 277 g/mol. The zero-order chi connectivity index (χ0) is 15.7. The van der Waals surface area contributed by atoms with Crippen LogP contribution in [0, 0.1) is 12.7 Å². The molecule has 0 saturated heterocycles. The summed E-state index contributed by atoms with van der Waals surface area (Å²) in [6, 6.07) is 13.2. The normalized spacial score (nSPS) is 11.3. The van der Waals surface area contributed by atoms with Gasteiger partial charge in [-0.1, -0.05) is 12.1 Å². The molecular formula is C19H20FNO. The summed E-state index contributed by atoms with van der Waals surface area (Å²) in [5.74, 6) is 0.645. The second-order valence-corrected chi connectivity index (χ2v) is 5.92. The minimum Gasteiger partial charge on any atom is -0.489 e.